The van der Waals surface area contributed by atoms with Crippen LogP contribution in [0.1, 0.15) is 23.6 Å². The van der Waals surface area contributed by atoms with Crippen LogP contribution in [0.3, 0.4) is 0 Å². The smallest absolute Gasteiger partial charge is 0.416 e. The maximum Gasteiger partial charge on any atom is 0.416 e. The summed E-state index contributed by atoms with van der Waals surface area (Å²) in [6.45, 7) is 0.670. The Bertz CT molecular complexity index is 803. The number of hydrogen-bond acceptors (Lipinski definition) is 3. The first-order valence-corrected chi connectivity index (χ1v) is 8.25. The van der Waals surface area contributed by atoms with Crippen molar-refractivity contribution in [2.24, 2.45) is 0 Å². The molecule has 0 aromatic heterocycles. The van der Waals surface area contributed by atoms with Crippen LogP contribution in [-0.2, 0) is 6.18 Å². The number of nitrogens with zero attached hydrogens (tertiary/aromatic N) is 2. The topological polar surface area (TPSA) is 15.7 Å². The van der Waals surface area contributed by atoms with Crippen LogP contribution in [-0.4, -0.2) is 31.6 Å². The lowest BCUT2D eigenvalue weighted by Crippen LogP contribution is -2.31. The number of hydrogen-bond donors (Lipinski definition) is 0. The van der Waals surface area contributed by atoms with Crippen LogP contribution in [0.5, 0.6) is 11.5 Å². The van der Waals surface area contributed by atoms with E-state index in [1.54, 1.807) is 0 Å². The molecule has 0 spiro atoms. The van der Waals surface area contributed by atoms with Crippen molar-refractivity contribution in [3.63, 3.8) is 0 Å². The SMILES string of the molecule is CN(C)C1CC2c3ccccc3Oc3ccc(C(F)(F)F)cc3N2C1. The summed E-state index contributed by atoms with van der Waals surface area (Å²) < 4.78 is 45.6. The summed E-state index contributed by atoms with van der Waals surface area (Å²) in [5.41, 5.74) is 0.893. The van der Waals surface area contributed by atoms with Gasteiger partial charge in [0.1, 0.15) is 5.75 Å². The first kappa shape index (κ1) is 16.3. The van der Waals surface area contributed by atoms with Crippen LogP contribution in [0.2, 0.25) is 0 Å². The molecule has 1 fully saturated rings. The van der Waals surface area contributed by atoms with E-state index in [0.717, 1.165) is 23.8 Å². The second-order valence-electron chi connectivity index (χ2n) is 6.84. The Hall–Kier alpha value is -2.21. The summed E-state index contributed by atoms with van der Waals surface area (Å²) in [7, 11) is 4.01. The van der Waals surface area contributed by atoms with Gasteiger partial charge in [0.15, 0.2) is 5.75 Å². The molecular weight excluding hydrogens is 329 g/mol. The third kappa shape index (κ3) is 2.74. The quantitative estimate of drug-likeness (QED) is 0.743. The lowest BCUT2D eigenvalue weighted by atomic mass is 10.0. The molecule has 2 aromatic rings. The van der Waals surface area contributed by atoms with Gasteiger partial charge in [-0.15, -0.1) is 0 Å². The van der Waals surface area contributed by atoms with E-state index < -0.39 is 11.7 Å². The molecule has 2 aliphatic rings. The minimum Gasteiger partial charge on any atom is -0.455 e. The molecular formula is C19H19F3N2O. The minimum atomic E-state index is -4.37. The van der Waals surface area contributed by atoms with Crippen molar-refractivity contribution in [3.05, 3.63) is 53.6 Å². The van der Waals surface area contributed by atoms with E-state index in [9.17, 15) is 13.2 Å². The molecule has 0 amide bonds. The summed E-state index contributed by atoms with van der Waals surface area (Å²) in [5.74, 6) is 1.19. The van der Waals surface area contributed by atoms with Crippen molar-refractivity contribution in [2.75, 3.05) is 25.5 Å². The second-order valence-corrected chi connectivity index (χ2v) is 6.84. The van der Waals surface area contributed by atoms with Crippen LogP contribution in [0.15, 0.2) is 42.5 Å². The van der Waals surface area contributed by atoms with Gasteiger partial charge in [-0.1, -0.05) is 18.2 Å². The molecule has 25 heavy (non-hydrogen) atoms. The molecule has 0 aliphatic carbocycles. The molecule has 0 N–H and O–H groups in total. The van der Waals surface area contributed by atoms with Crippen molar-refractivity contribution in [3.8, 4) is 11.5 Å². The average molecular weight is 348 g/mol. The highest BCUT2D eigenvalue weighted by molar-refractivity contribution is 5.66. The Kier molecular flexibility index (Phi) is 3.68. The number of ether oxygens (including phenoxy) is 1. The third-order valence-electron chi connectivity index (χ3n) is 5.10. The van der Waals surface area contributed by atoms with Gasteiger partial charge < -0.3 is 14.5 Å². The summed E-state index contributed by atoms with van der Waals surface area (Å²) in [4.78, 5) is 4.19. The molecule has 2 unspecified atom stereocenters. The number of halogens is 3. The number of benzene rings is 2. The molecule has 6 heteroatoms. The standard InChI is InChI=1S/C19H19F3N2O/c1-23(2)13-10-15-14-5-3-4-6-17(14)25-18-8-7-12(19(20,21)22)9-16(18)24(15)11-13/h3-9,13,15H,10-11H2,1-2H3. The monoisotopic (exact) mass is 348 g/mol. The van der Waals surface area contributed by atoms with E-state index in [0.29, 0.717) is 18.0 Å². The molecule has 4 rings (SSSR count). The van der Waals surface area contributed by atoms with E-state index in [4.69, 9.17) is 4.74 Å². The maximum absolute atomic E-state index is 13.2. The third-order valence-corrected chi connectivity index (χ3v) is 5.10. The highest BCUT2D eigenvalue weighted by Crippen LogP contribution is 2.49. The van der Waals surface area contributed by atoms with Crippen molar-refractivity contribution in [2.45, 2.75) is 24.7 Å². The summed E-state index contributed by atoms with van der Waals surface area (Å²) in [6.07, 6.45) is -3.52. The zero-order valence-corrected chi connectivity index (χ0v) is 14.0. The van der Waals surface area contributed by atoms with Gasteiger partial charge in [0.05, 0.1) is 17.3 Å². The molecule has 132 valence electrons. The zero-order valence-electron chi connectivity index (χ0n) is 14.0. The first-order valence-electron chi connectivity index (χ1n) is 8.25. The van der Waals surface area contributed by atoms with E-state index >= 15 is 0 Å². The van der Waals surface area contributed by atoms with Crippen LogP contribution >= 0.6 is 0 Å². The van der Waals surface area contributed by atoms with Gasteiger partial charge in [-0.2, -0.15) is 13.2 Å². The summed E-state index contributed by atoms with van der Waals surface area (Å²) >= 11 is 0. The normalized spacial score (nSPS) is 22.1. The van der Waals surface area contributed by atoms with Crippen molar-refractivity contribution in [1.29, 1.82) is 0 Å². The van der Waals surface area contributed by atoms with Gasteiger partial charge in [0.2, 0.25) is 0 Å². The Morgan fingerprint density at radius 2 is 1.84 bits per heavy atom. The van der Waals surface area contributed by atoms with Crippen molar-refractivity contribution >= 4 is 5.69 Å². The van der Waals surface area contributed by atoms with E-state index in [-0.39, 0.29) is 12.1 Å². The fraction of sp³-hybridized carbons (Fsp3) is 0.368. The number of likely N-dealkylation sites (N-methyl/N-ethyl adjacent to an activating group) is 1. The molecule has 0 radical (unpaired) electrons. The lowest BCUT2D eigenvalue weighted by Gasteiger charge is -2.26. The molecule has 1 saturated heterocycles. The van der Waals surface area contributed by atoms with Gasteiger partial charge in [-0.25, -0.2) is 0 Å². The molecule has 0 bridgehead atoms. The van der Waals surface area contributed by atoms with Crippen LogP contribution in [0, 0.1) is 0 Å². The maximum atomic E-state index is 13.2. The summed E-state index contributed by atoms with van der Waals surface area (Å²) in [6, 6.07) is 11.7. The van der Waals surface area contributed by atoms with Crippen molar-refractivity contribution in [1.82, 2.24) is 4.90 Å². The molecule has 2 aliphatic heterocycles. The number of alkyl halides is 3. The molecule has 2 aromatic carbocycles. The van der Waals surface area contributed by atoms with Gasteiger partial charge in [0.25, 0.3) is 0 Å². The predicted octanol–water partition coefficient (Wildman–Crippen LogP) is 4.69. The fourth-order valence-corrected chi connectivity index (χ4v) is 3.72. The number of para-hydroxylation sites is 1. The molecule has 2 heterocycles. The highest BCUT2D eigenvalue weighted by Gasteiger charge is 2.40. The van der Waals surface area contributed by atoms with E-state index in [1.807, 2.05) is 38.4 Å². The molecule has 2 atom stereocenters. The van der Waals surface area contributed by atoms with Gasteiger partial charge >= 0.3 is 6.18 Å². The zero-order chi connectivity index (χ0) is 17.8. The fourth-order valence-electron chi connectivity index (χ4n) is 3.72. The summed E-state index contributed by atoms with van der Waals surface area (Å²) in [5, 5.41) is 0. The largest absolute Gasteiger partial charge is 0.455 e. The molecule has 3 nitrogen and oxygen atoms in total. The predicted molar refractivity (Wildman–Crippen MR) is 90.1 cm³/mol. The Balaban J connectivity index is 1.86. The molecule has 0 saturated carbocycles. The van der Waals surface area contributed by atoms with E-state index in [1.165, 1.54) is 12.1 Å². The van der Waals surface area contributed by atoms with Crippen LogP contribution < -0.4 is 9.64 Å². The van der Waals surface area contributed by atoms with Crippen LogP contribution in [0.4, 0.5) is 18.9 Å². The Labute approximate surface area is 144 Å². The lowest BCUT2D eigenvalue weighted by molar-refractivity contribution is -0.137. The number of anilines is 1. The average Bonchev–Trinajstić information content (AvgIpc) is 2.95. The van der Waals surface area contributed by atoms with E-state index in [2.05, 4.69) is 9.80 Å². The Morgan fingerprint density at radius 1 is 1.08 bits per heavy atom. The first-order chi connectivity index (χ1) is 11.8. The van der Waals surface area contributed by atoms with Gasteiger partial charge in [-0.3, -0.25) is 0 Å². The van der Waals surface area contributed by atoms with Crippen LogP contribution in [0.25, 0.3) is 0 Å². The highest BCUT2D eigenvalue weighted by atomic mass is 19.4. The van der Waals surface area contributed by atoms with Gasteiger partial charge in [-0.05, 0) is 44.8 Å². The Morgan fingerprint density at radius 3 is 2.56 bits per heavy atom. The van der Waals surface area contributed by atoms with Crippen molar-refractivity contribution < 1.29 is 17.9 Å². The minimum absolute atomic E-state index is 0.00772. The van der Waals surface area contributed by atoms with Gasteiger partial charge in [0, 0.05) is 18.2 Å². The second kappa shape index (κ2) is 5.66. The number of rotatable bonds is 1. The number of fused-ring (bicyclic) bond motifs is 5.